The van der Waals surface area contributed by atoms with E-state index in [9.17, 15) is 14.9 Å². The lowest BCUT2D eigenvalue weighted by Gasteiger charge is -2.06. The lowest BCUT2D eigenvalue weighted by atomic mass is 10.2. The van der Waals surface area contributed by atoms with Crippen molar-refractivity contribution in [3.8, 4) is 11.3 Å². The standard InChI is InChI=1S/C17H12BrClN4O3S/c18-11-3-1-10(2-4-11)14-9-27-17(21-14)22-16(24)8-20-12-5-6-13(19)15(7-12)23(25)26/h1-7,9,20H,8H2,(H,21,22,24). The van der Waals surface area contributed by atoms with Crippen LogP contribution in [0, 0.1) is 10.1 Å². The molecule has 10 heteroatoms. The fourth-order valence-corrected chi connectivity index (χ4v) is 3.38. The average molecular weight is 468 g/mol. The number of nitrogens with one attached hydrogen (secondary N) is 2. The van der Waals surface area contributed by atoms with Crippen LogP contribution in [0.1, 0.15) is 0 Å². The normalized spacial score (nSPS) is 10.4. The molecule has 2 N–H and O–H groups in total. The molecule has 0 aliphatic rings. The van der Waals surface area contributed by atoms with Gasteiger partial charge in [0.05, 0.1) is 17.2 Å². The monoisotopic (exact) mass is 466 g/mol. The third-order valence-electron chi connectivity index (χ3n) is 3.49. The minimum Gasteiger partial charge on any atom is -0.376 e. The molecule has 27 heavy (non-hydrogen) atoms. The first kappa shape index (κ1) is 19.3. The van der Waals surface area contributed by atoms with Crippen LogP contribution in [0.5, 0.6) is 0 Å². The molecule has 0 aliphatic carbocycles. The zero-order chi connectivity index (χ0) is 19.4. The number of rotatable bonds is 6. The molecule has 0 saturated carbocycles. The van der Waals surface area contributed by atoms with Crippen LogP contribution < -0.4 is 10.6 Å². The van der Waals surface area contributed by atoms with Crippen LogP contribution in [0.3, 0.4) is 0 Å². The molecule has 3 aromatic rings. The fraction of sp³-hybridized carbons (Fsp3) is 0.0588. The summed E-state index contributed by atoms with van der Waals surface area (Å²) in [6, 6.07) is 12.0. The van der Waals surface area contributed by atoms with Gasteiger partial charge in [-0.25, -0.2) is 4.98 Å². The van der Waals surface area contributed by atoms with Gasteiger partial charge in [-0.05, 0) is 24.3 Å². The molecule has 0 spiro atoms. The molecule has 3 rings (SSSR count). The van der Waals surface area contributed by atoms with Gasteiger partial charge in [-0.3, -0.25) is 14.9 Å². The molecule has 0 radical (unpaired) electrons. The topological polar surface area (TPSA) is 97.2 Å². The first-order valence-corrected chi connectivity index (χ1v) is 9.66. The molecule has 138 valence electrons. The van der Waals surface area contributed by atoms with Gasteiger partial charge in [0.2, 0.25) is 5.91 Å². The van der Waals surface area contributed by atoms with Crippen LogP contribution in [0.4, 0.5) is 16.5 Å². The van der Waals surface area contributed by atoms with Gasteiger partial charge in [0.25, 0.3) is 5.69 Å². The summed E-state index contributed by atoms with van der Waals surface area (Å²) in [7, 11) is 0. The summed E-state index contributed by atoms with van der Waals surface area (Å²) in [5.41, 5.74) is 1.92. The van der Waals surface area contributed by atoms with Crippen LogP contribution in [0.25, 0.3) is 11.3 Å². The molecule has 1 aromatic heterocycles. The highest BCUT2D eigenvalue weighted by atomic mass is 79.9. The second kappa shape index (κ2) is 8.47. The molecule has 0 fully saturated rings. The predicted octanol–water partition coefficient (Wildman–Crippen LogP) is 5.18. The maximum Gasteiger partial charge on any atom is 0.289 e. The van der Waals surface area contributed by atoms with Crippen molar-refractivity contribution in [1.29, 1.82) is 0 Å². The number of anilines is 2. The van der Waals surface area contributed by atoms with Crippen molar-refractivity contribution >= 4 is 61.3 Å². The highest BCUT2D eigenvalue weighted by molar-refractivity contribution is 9.10. The molecule has 0 aliphatic heterocycles. The van der Waals surface area contributed by atoms with Crippen LogP contribution in [-0.4, -0.2) is 22.4 Å². The minimum atomic E-state index is -0.577. The Morgan fingerprint density at radius 1 is 1.26 bits per heavy atom. The molecule has 0 bridgehead atoms. The van der Waals surface area contributed by atoms with Crippen LogP contribution >= 0.6 is 38.9 Å². The number of nitrogens with zero attached hydrogens (tertiary/aromatic N) is 2. The maximum absolute atomic E-state index is 12.1. The zero-order valence-electron chi connectivity index (χ0n) is 13.6. The number of halogens is 2. The third kappa shape index (κ3) is 5.03. The molecule has 0 atom stereocenters. The first-order valence-electron chi connectivity index (χ1n) is 7.61. The van der Waals surface area contributed by atoms with Crippen LogP contribution in [0.15, 0.2) is 52.3 Å². The summed E-state index contributed by atoms with van der Waals surface area (Å²) in [6.45, 7) is -0.0635. The van der Waals surface area contributed by atoms with Gasteiger partial charge >= 0.3 is 0 Å². The Bertz CT molecular complexity index is 994. The summed E-state index contributed by atoms with van der Waals surface area (Å²) in [5.74, 6) is -0.315. The molecule has 1 amide bonds. The van der Waals surface area contributed by atoms with E-state index in [1.54, 1.807) is 6.07 Å². The quantitative estimate of drug-likeness (QED) is 0.384. The fourth-order valence-electron chi connectivity index (χ4n) is 2.19. The van der Waals surface area contributed by atoms with Crippen molar-refractivity contribution in [2.45, 2.75) is 0 Å². The number of hydrogen-bond donors (Lipinski definition) is 2. The predicted molar refractivity (Wildman–Crippen MR) is 110 cm³/mol. The lowest BCUT2D eigenvalue weighted by molar-refractivity contribution is -0.384. The van der Waals surface area contributed by atoms with Crippen molar-refractivity contribution in [2.75, 3.05) is 17.2 Å². The van der Waals surface area contributed by atoms with Gasteiger partial charge in [0.15, 0.2) is 5.13 Å². The summed E-state index contributed by atoms with van der Waals surface area (Å²) in [5, 5.41) is 18.8. The Morgan fingerprint density at radius 3 is 2.70 bits per heavy atom. The molecule has 1 heterocycles. The van der Waals surface area contributed by atoms with Gasteiger partial charge < -0.3 is 10.6 Å². The van der Waals surface area contributed by atoms with E-state index in [0.717, 1.165) is 15.7 Å². The van der Waals surface area contributed by atoms with E-state index in [4.69, 9.17) is 11.6 Å². The highest BCUT2D eigenvalue weighted by Gasteiger charge is 2.13. The number of benzene rings is 2. The van der Waals surface area contributed by atoms with Crippen molar-refractivity contribution in [1.82, 2.24) is 4.98 Å². The van der Waals surface area contributed by atoms with Gasteiger partial charge in [-0.2, -0.15) is 0 Å². The molecular weight excluding hydrogens is 456 g/mol. The summed E-state index contributed by atoms with van der Waals surface area (Å²) < 4.78 is 0.975. The van der Waals surface area contributed by atoms with Gasteiger partial charge in [0, 0.05) is 27.2 Å². The number of nitro benzene ring substituents is 1. The molecule has 2 aromatic carbocycles. The van der Waals surface area contributed by atoms with Crippen LogP contribution in [-0.2, 0) is 4.79 Å². The van der Waals surface area contributed by atoms with Crippen molar-refractivity contribution in [2.24, 2.45) is 0 Å². The summed E-state index contributed by atoms with van der Waals surface area (Å²) in [4.78, 5) is 26.8. The highest BCUT2D eigenvalue weighted by Crippen LogP contribution is 2.28. The number of carbonyl (C=O) groups excluding carboxylic acids is 1. The van der Waals surface area contributed by atoms with E-state index in [1.165, 1.54) is 23.5 Å². The maximum atomic E-state index is 12.1. The first-order chi connectivity index (χ1) is 12.9. The number of nitro groups is 1. The Hall–Kier alpha value is -2.49. The Balaban J connectivity index is 1.59. The smallest absolute Gasteiger partial charge is 0.289 e. The van der Waals surface area contributed by atoms with E-state index in [0.29, 0.717) is 10.8 Å². The summed E-state index contributed by atoms with van der Waals surface area (Å²) >= 11 is 10.5. The van der Waals surface area contributed by atoms with Crippen molar-refractivity contribution in [3.63, 3.8) is 0 Å². The van der Waals surface area contributed by atoms with Gasteiger partial charge in [0.1, 0.15) is 5.02 Å². The van der Waals surface area contributed by atoms with Gasteiger partial charge in [-0.1, -0.05) is 39.7 Å². The number of hydrogen-bond acceptors (Lipinski definition) is 6. The largest absolute Gasteiger partial charge is 0.376 e. The average Bonchev–Trinajstić information content (AvgIpc) is 3.09. The van der Waals surface area contributed by atoms with E-state index in [1.807, 2.05) is 29.6 Å². The van der Waals surface area contributed by atoms with E-state index < -0.39 is 4.92 Å². The number of amides is 1. The number of thiazole rings is 1. The molecule has 7 nitrogen and oxygen atoms in total. The second-order valence-electron chi connectivity index (χ2n) is 5.37. The SMILES string of the molecule is O=C(CNc1ccc(Cl)c([N+](=O)[O-])c1)Nc1nc(-c2ccc(Br)cc2)cs1. The minimum absolute atomic E-state index is 0.0401. The van der Waals surface area contributed by atoms with E-state index >= 15 is 0 Å². The molecular formula is C17H12BrClN4O3S. The van der Waals surface area contributed by atoms with Crippen molar-refractivity contribution in [3.05, 3.63) is 67.5 Å². The van der Waals surface area contributed by atoms with E-state index in [2.05, 4.69) is 31.5 Å². The van der Waals surface area contributed by atoms with Crippen LogP contribution in [0.2, 0.25) is 5.02 Å². The Kier molecular flexibility index (Phi) is 6.04. The lowest BCUT2D eigenvalue weighted by Crippen LogP contribution is -2.21. The summed E-state index contributed by atoms with van der Waals surface area (Å²) in [6.07, 6.45) is 0. The Labute approximate surface area is 171 Å². The number of carbonyl (C=O) groups is 1. The second-order valence-corrected chi connectivity index (χ2v) is 7.55. The Morgan fingerprint density at radius 2 is 2.00 bits per heavy atom. The molecule has 0 saturated heterocycles. The molecule has 0 unspecified atom stereocenters. The number of aromatic nitrogens is 1. The van der Waals surface area contributed by atoms with Crippen molar-refractivity contribution < 1.29 is 9.72 Å². The zero-order valence-corrected chi connectivity index (χ0v) is 16.8. The van der Waals surface area contributed by atoms with Gasteiger partial charge in [-0.15, -0.1) is 11.3 Å². The van der Waals surface area contributed by atoms with E-state index in [-0.39, 0.29) is 23.2 Å². The third-order valence-corrected chi connectivity index (χ3v) is 5.09.